The molecule has 0 atom stereocenters. The van der Waals surface area contributed by atoms with Crippen LogP contribution in [0.5, 0.6) is 0 Å². The van der Waals surface area contributed by atoms with E-state index in [-0.39, 0.29) is 5.41 Å². The quantitative estimate of drug-likeness (QED) is 0.539. The van der Waals surface area contributed by atoms with Gasteiger partial charge in [0.05, 0.1) is 5.69 Å². The second kappa shape index (κ2) is 8.39. The molecule has 1 aromatic heterocycles. The average Bonchev–Trinajstić information content (AvgIpc) is 2.81. The molecule has 2 heteroatoms. The van der Waals surface area contributed by atoms with Gasteiger partial charge < -0.3 is 4.42 Å². The van der Waals surface area contributed by atoms with Crippen LogP contribution >= 0.6 is 0 Å². The van der Waals surface area contributed by atoms with Gasteiger partial charge in [-0.15, -0.1) is 0 Å². The molecular weight excluding hydrogens is 234 g/mol. The highest BCUT2D eigenvalue weighted by Crippen LogP contribution is 2.21. The first kappa shape index (κ1) is 16.3. The van der Waals surface area contributed by atoms with Crippen molar-refractivity contribution in [3.05, 3.63) is 17.8 Å². The second-order valence-electron chi connectivity index (χ2n) is 6.62. The highest BCUT2D eigenvalue weighted by Gasteiger charge is 2.19. The molecule has 0 bridgehead atoms. The molecule has 1 aromatic rings. The highest BCUT2D eigenvalue weighted by atomic mass is 16.3. The van der Waals surface area contributed by atoms with Crippen molar-refractivity contribution in [2.75, 3.05) is 0 Å². The van der Waals surface area contributed by atoms with E-state index in [1.807, 2.05) is 6.26 Å². The van der Waals surface area contributed by atoms with Gasteiger partial charge in [0, 0.05) is 5.41 Å². The van der Waals surface area contributed by atoms with Gasteiger partial charge in [0.2, 0.25) is 0 Å². The van der Waals surface area contributed by atoms with Crippen LogP contribution in [0, 0.1) is 0 Å². The number of aryl methyl sites for hydroxylation is 1. The predicted molar refractivity (Wildman–Crippen MR) is 81.5 cm³/mol. The van der Waals surface area contributed by atoms with Gasteiger partial charge in [0.1, 0.15) is 6.26 Å². The van der Waals surface area contributed by atoms with Crippen LogP contribution in [0.1, 0.15) is 90.6 Å². The Bertz CT molecular complexity index is 335. The second-order valence-corrected chi connectivity index (χ2v) is 6.62. The predicted octanol–water partition coefficient (Wildman–Crippen LogP) is 5.66. The summed E-state index contributed by atoms with van der Waals surface area (Å²) in [6.45, 7) is 8.68. The third-order valence-corrected chi connectivity index (χ3v) is 3.48. The molecule has 110 valence electrons. The van der Waals surface area contributed by atoms with Crippen LogP contribution < -0.4 is 0 Å². The first-order valence-electron chi connectivity index (χ1n) is 7.99. The Balaban J connectivity index is 2.08. The molecule has 2 nitrogen and oxygen atoms in total. The molecule has 0 aliphatic rings. The molecule has 0 fully saturated rings. The summed E-state index contributed by atoms with van der Waals surface area (Å²) in [7, 11) is 0. The Morgan fingerprint density at radius 2 is 1.53 bits per heavy atom. The van der Waals surface area contributed by atoms with E-state index in [4.69, 9.17) is 4.42 Å². The SMILES string of the molecule is CCCCCCCCCCc1coc(C(C)(C)C)n1. The summed E-state index contributed by atoms with van der Waals surface area (Å²) in [4.78, 5) is 4.57. The summed E-state index contributed by atoms with van der Waals surface area (Å²) in [5.41, 5.74) is 1.15. The maximum absolute atomic E-state index is 5.54. The van der Waals surface area contributed by atoms with E-state index >= 15 is 0 Å². The monoisotopic (exact) mass is 265 g/mol. The first-order valence-corrected chi connectivity index (χ1v) is 7.99. The molecule has 0 amide bonds. The van der Waals surface area contributed by atoms with Crippen molar-refractivity contribution < 1.29 is 4.42 Å². The molecule has 0 aliphatic carbocycles. The molecule has 1 rings (SSSR count). The van der Waals surface area contributed by atoms with E-state index in [9.17, 15) is 0 Å². The Morgan fingerprint density at radius 1 is 0.947 bits per heavy atom. The smallest absolute Gasteiger partial charge is 0.199 e. The summed E-state index contributed by atoms with van der Waals surface area (Å²) >= 11 is 0. The van der Waals surface area contributed by atoms with E-state index in [1.165, 1.54) is 51.4 Å². The molecule has 1 heterocycles. The summed E-state index contributed by atoms with van der Waals surface area (Å²) in [6, 6.07) is 0. The number of aromatic nitrogens is 1. The van der Waals surface area contributed by atoms with Crippen LogP contribution in [-0.2, 0) is 11.8 Å². The molecule has 0 aliphatic heterocycles. The molecular formula is C17H31NO. The number of oxazole rings is 1. The molecule has 0 N–H and O–H groups in total. The van der Waals surface area contributed by atoms with Crippen LogP contribution in [0.15, 0.2) is 10.7 Å². The first-order chi connectivity index (χ1) is 9.04. The zero-order valence-electron chi connectivity index (χ0n) is 13.3. The minimum Gasteiger partial charge on any atom is -0.448 e. The maximum Gasteiger partial charge on any atom is 0.199 e. The van der Waals surface area contributed by atoms with Gasteiger partial charge in [-0.3, -0.25) is 0 Å². The van der Waals surface area contributed by atoms with Crippen molar-refractivity contribution in [3.8, 4) is 0 Å². The van der Waals surface area contributed by atoms with E-state index in [0.717, 1.165) is 18.0 Å². The van der Waals surface area contributed by atoms with Gasteiger partial charge in [0.25, 0.3) is 0 Å². The Kier molecular flexibility index (Phi) is 7.19. The average molecular weight is 265 g/mol. The van der Waals surface area contributed by atoms with Gasteiger partial charge in [-0.1, -0.05) is 72.6 Å². The maximum atomic E-state index is 5.54. The Labute approximate surface area is 119 Å². The molecule has 19 heavy (non-hydrogen) atoms. The van der Waals surface area contributed by atoms with Crippen molar-refractivity contribution in [2.24, 2.45) is 0 Å². The highest BCUT2D eigenvalue weighted by molar-refractivity contribution is 5.03. The fourth-order valence-corrected chi connectivity index (χ4v) is 2.21. The number of unbranched alkanes of at least 4 members (excludes halogenated alkanes) is 7. The zero-order chi connectivity index (χ0) is 14.1. The van der Waals surface area contributed by atoms with Crippen LogP contribution in [0.2, 0.25) is 0 Å². The molecule has 0 saturated heterocycles. The minimum atomic E-state index is 0.0253. The van der Waals surface area contributed by atoms with E-state index in [0.29, 0.717) is 0 Å². The largest absolute Gasteiger partial charge is 0.448 e. The van der Waals surface area contributed by atoms with E-state index in [2.05, 4.69) is 32.7 Å². The lowest BCUT2D eigenvalue weighted by Crippen LogP contribution is -2.11. The lowest BCUT2D eigenvalue weighted by molar-refractivity contribution is 0.392. The van der Waals surface area contributed by atoms with Crippen LogP contribution in [0.3, 0.4) is 0 Å². The van der Waals surface area contributed by atoms with Crippen molar-refractivity contribution in [2.45, 2.75) is 90.9 Å². The molecule has 0 unspecified atom stereocenters. The zero-order valence-corrected chi connectivity index (χ0v) is 13.3. The lowest BCUT2D eigenvalue weighted by Gasteiger charge is -2.11. The standard InChI is InChI=1S/C17H31NO/c1-5-6-7-8-9-10-11-12-13-15-14-19-16(18-15)17(2,3)4/h14H,5-13H2,1-4H3. The summed E-state index contributed by atoms with van der Waals surface area (Å²) in [5.74, 6) is 0.863. The van der Waals surface area contributed by atoms with Crippen LogP contribution in [-0.4, -0.2) is 4.98 Å². The van der Waals surface area contributed by atoms with Crippen LogP contribution in [0.25, 0.3) is 0 Å². The number of hydrogen-bond acceptors (Lipinski definition) is 2. The van der Waals surface area contributed by atoms with E-state index < -0.39 is 0 Å². The van der Waals surface area contributed by atoms with Gasteiger partial charge in [0.15, 0.2) is 5.89 Å². The van der Waals surface area contributed by atoms with Gasteiger partial charge in [-0.05, 0) is 12.8 Å². The summed E-state index contributed by atoms with van der Waals surface area (Å²) < 4.78 is 5.54. The third kappa shape index (κ3) is 6.79. The normalized spacial score (nSPS) is 12.0. The summed E-state index contributed by atoms with van der Waals surface area (Å²) in [5, 5.41) is 0. The van der Waals surface area contributed by atoms with Crippen molar-refractivity contribution in [1.82, 2.24) is 4.98 Å². The molecule has 0 radical (unpaired) electrons. The Morgan fingerprint density at radius 3 is 2.05 bits per heavy atom. The summed E-state index contributed by atoms with van der Waals surface area (Å²) in [6.07, 6.45) is 13.8. The van der Waals surface area contributed by atoms with Crippen molar-refractivity contribution >= 4 is 0 Å². The molecule has 0 spiro atoms. The lowest BCUT2D eigenvalue weighted by atomic mass is 9.97. The van der Waals surface area contributed by atoms with Crippen LogP contribution in [0.4, 0.5) is 0 Å². The number of rotatable bonds is 9. The number of hydrogen-bond donors (Lipinski definition) is 0. The number of nitrogens with zero attached hydrogens (tertiary/aromatic N) is 1. The fourth-order valence-electron chi connectivity index (χ4n) is 2.21. The Hall–Kier alpha value is -0.790. The van der Waals surface area contributed by atoms with Crippen molar-refractivity contribution in [3.63, 3.8) is 0 Å². The minimum absolute atomic E-state index is 0.0253. The van der Waals surface area contributed by atoms with Gasteiger partial charge in [-0.25, -0.2) is 4.98 Å². The van der Waals surface area contributed by atoms with Gasteiger partial charge >= 0.3 is 0 Å². The van der Waals surface area contributed by atoms with Gasteiger partial charge in [-0.2, -0.15) is 0 Å². The molecule has 0 saturated carbocycles. The molecule has 0 aromatic carbocycles. The van der Waals surface area contributed by atoms with E-state index in [1.54, 1.807) is 0 Å². The third-order valence-electron chi connectivity index (χ3n) is 3.48. The fraction of sp³-hybridized carbons (Fsp3) is 0.824. The topological polar surface area (TPSA) is 26.0 Å². The van der Waals surface area contributed by atoms with Crippen molar-refractivity contribution in [1.29, 1.82) is 0 Å².